The van der Waals surface area contributed by atoms with Gasteiger partial charge in [-0.1, -0.05) is 17.7 Å². The summed E-state index contributed by atoms with van der Waals surface area (Å²) in [6.07, 6.45) is 5.19. The average Bonchev–Trinajstić information content (AvgIpc) is 2.80. The number of aliphatic carboxylic acids is 1. The van der Waals surface area contributed by atoms with Crippen molar-refractivity contribution < 1.29 is 33.5 Å². The molecule has 2 aliphatic heterocycles. The van der Waals surface area contributed by atoms with Gasteiger partial charge in [0, 0.05) is 45.8 Å². The number of morpholine rings is 2. The molecule has 12 heteroatoms. The topological polar surface area (TPSA) is 109 Å². The highest BCUT2D eigenvalue weighted by molar-refractivity contribution is 8.13. The number of carbonyl (C=O) groups excluding carboxylic acids is 1. The second kappa shape index (κ2) is 13.4. The zero-order valence-electron chi connectivity index (χ0n) is 17.9. The minimum absolute atomic E-state index is 0.0950. The molecule has 176 valence electrons. The van der Waals surface area contributed by atoms with E-state index >= 15 is 0 Å². The van der Waals surface area contributed by atoms with Crippen LogP contribution in [0.3, 0.4) is 0 Å². The van der Waals surface area contributed by atoms with Crippen molar-refractivity contribution in [2.75, 3.05) is 77.9 Å². The lowest BCUT2D eigenvalue weighted by molar-refractivity contribution is -0.142. The lowest BCUT2D eigenvalue weighted by Crippen LogP contribution is -2.50. The predicted octanol–water partition coefficient (Wildman–Crippen LogP) is 1.47. The Morgan fingerprint density at radius 2 is 1.74 bits per heavy atom. The molecule has 0 radical (unpaired) electrons. The molecule has 1 unspecified atom stereocenters. The Balaban J connectivity index is 2.34. The fraction of sp³-hybridized carbons (Fsp3) is 0.789. The van der Waals surface area contributed by atoms with Crippen LogP contribution in [0.25, 0.3) is 0 Å². The van der Waals surface area contributed by atoms with Gasteiger partial charge in [0.05, 0.1) is 32.2 Å². The van der Waals surface area contributed by atoms with Crippen molar-refractivity contribution in [1.29, 1.82) is 0 Å². The molecule has 0 aromatic rings. The number of ether oxygens (including phenoxy) is 3. The first kappa shape index (κ1) is 26.1. The van der Waals surface area contributed by atoms with Gasteiger partial charge in [0.2, 0.25) is 7.44 Å². The Bertz CT molecular complexity index is 656. The van der Waals surface area contributed by atoms with Crippen molar-refractivity contribution in [2.24, 2.45) is 0 Å². The van der Waals surface area contributed by atoms with E-state index in [-0.39, 0.29) is 25.1 Å². The third kappa shape index (κ3) is 7.46. The fourth-order valence-corrected chi connectivity index (χ4v) is 7.19. The smallest absolute Gasteiger partial charge is 0.326 e. The Hall–Kier alpha value is -1.12. The number of carbonyl (C=O) groups is 2. The first-order chi connectivity index (χ1) is 14.9. The molecule has 1 amide bonds. The number of terminal acetylenes is 1. The Kier molecular flexibility index (Phi) is 11.3. The third-order valence-electron chi connectivity index (χ3n) is 5.11. The van der Waals surface area contributed by atoms with Gasteiger partial charge in [0.15, 0.2) is 0 Å². The first-order valence-electron chi connectivity index (χ1n) is 10.4. The van der Waals surface area contributed by atoms with E-state index in [1.54, 1.807) is 0 Å². The van der Waals surface area contributed by atoms with Gasteiger partial charge in [-0.15, -0.1) is 6.42 Å². The molecule has 2 rings (SSSR count). The number of hydrogen-bond donors (Lipinski definition) is 1. The third-order valence-corrected chi connectivity index (χ3v) is 9.14. The van der Waals surface area contributed by atoms with Crippen LogP contribution in [0.5, 0.6) is 0 Å². The van der Waals surface area contributed by atoms with Crippen molar-refractivity contribution >= 4 is 30.4 Å². The van der Waals surface area contributed by atoms with Crippen LogP contribution in [0, 0.1) is 12.3 Å². The van der Waals surface area contributed by atoms with Crippen molar-refractivity contribution in [3.05, 3.63) is 0 Å². The summed E-state index contributed by atoms with van der Waals surface area (Å²) in [4.78, 5) is 26.3. The van der Waals surface area contributed by atoms with Gasteiger partial charge in [0.1, 0.15) is 12.3 Å². The van der Waals surface area contributed by atoms with E-state index in [0.717, 1.165) is 11.8 Å². The van der Waals surface area contributed by atoms with Crippen molar-refractivity contribution in [2.45, 2.75) is 19.4 Å². The highest BCUT2D eigenvalue weighted by atomic mass is 32.2. The summed E-state index contributed by atoms with van der Waals surface area (Å²) >= 11 is 0.843. The summed E-state index contributed by atoms with van der Waals surface area (Å²) in [5.74, 6) is 1.33. The fourth-order valence-electron chi connectivity index (χ4n) is 3.51. The first-order valence-corrected chi connectivity index (χ1v) is 13.1. The van der Waals surface area contributed by atoms with Crippen LogP contribution in [0.4, 0.5) is 4.79 Å². The minimum Gasteiger partial charge on any atom is -0.480 e. The normalized spacial score (nSPS) is 19.5. The quantitative estimate of drug-likeness (QED) is 0.267. The van der Waals surface area contributed by atoms with Crippen LogP contribution in [0.2, 0.25) is 0 Å². The van der Waals surface area contributed by atoms with Gasteiger partial charge in [-0.2, -0.15) is 0 Å². The molecule has 2 saturated heterocycles. The SMILES string of the molecule is C#CCSC(=O)N(CP(=O)(N1CCOCC1)N1CCOCC1)C(CCOCC)C(=O)O. The monoisotopic (exact) mass is 477 g/mol. The number of carboxylic acid groups (broad SMARTS) is 1. The van der Waals surface area contributed by atoms with Gasteiger partial charge in [-0.3, -0.25) is 9.36 Å². The lowest BCUT2D eigenvalue weighted by Gasteiger charge is -2.44. The zero-order valence-corrected chi connectivity index (χ0v) is 19.7. The molecule has 2 fully saturated rings. The largest absolute Gasteiger partial charge is 0.480 e. The molecular formula is C19H32N3O7PS. The number of nitrogens with zero attached hydrogens (tertiary/aromatic N) is 3. The van der Waals surface area contributed by atoms with Crippen molar-refractivity contribution in [3.63, 3.8) is 0 Å². The van der Waals surface area contributed by atoms with E-state index in [4.69, 9.17) is 20.6 Å². The van der Waals surface area contributed by atoms with Gasteiger partial charge in [0.25, 0.3) is 5.24 Å². The second-order valence-electron chi connectivity index (χ2n) is 7.01. The van der Waals surface area contributed by atoms with E-state index in [9.17, 15) is 19.3 Å². The molecule has 0 aliphatic carbocycles. The molecule has 0 spiro atoms. The predicted molar refractivity (Wildman–Crippen MR) is 118 cm³/mol. The van der Waals surface area contributed by atoms with E-state index in [0.29, 0.717) is 59.2 Å². The number of amides is 1. The van der Waals surface area contributed by atoms with E-state index in [1.807, 2.05) is 16.3 Å². The average molecular weight is 478 g/mol. The standard InChI is InChI=1S/C19H32N3O7PS/c1-3-15-31-19(25)22(17(18(23)24)5-10-27-4-2)16-30(26,20-6-11-28-12-7-20)21-8-13-29-14-9-21/h1,17H,4-16H2,2H3,(H,23,24). The molecule has 2 aliphatic rings. The van der Waals surface area contributed by atoms with Crippen LogP contribution in [0.15, 0.2) is 0 Å². The molecule has 1 atom stereocenters. The number of carboxylic acids is 1. The zero-order chi connectivity index (χ0) is 22.7. The summed E-state index contributed by atoms with van der Waals surface area (Å²) in [5, 5.41) is 9.38. The van der Waals surface area contributed by atoms with Gasteiger partial charge in [-0.25, -0.2) is 14.1 Å². The lowest BCUT2D eigenvalue weighted by atomic mass is 10.2. The summed E-state index contributed by atoms with van der Waals surface area (Å²) < 4.78 is 34.3. The summed E-state index contributed by atoms with van der Waals surface area (Å²) in [5.41, 5.74) is 0. The number of hydrogen-bond acceptors (Lipinski definition) is 7. The summed E-state index contributed by atoms with van der Waals surface area (Å²) in [6.45, 7) is 5.95. The number of rotatable bonds is 11. The molecule has 10 nitrogen and oxygen atoms in total. The molecule has 31 heavy (non-hydrogen) atoms. The second-order valence-corrected chi connectivity index (χ2v) is 10.7. The molecule has 0 saturated carbocycles. The van der Waals surface area contributed by atoms with E-state index < -0.39 is 24.7 Å². The van der Waals surface area contributed by atoms with Gasteiger partial charge < -0.3 is 24.2 Å². The van der Waals surface area contributed by atoms with E-state index in [1.165, 1.54) is 4.90 Å². The molecular weight excluding hydrogens is 445 g/mol. The maximum Gasteiger partial charge on any atom is 0.326 e. The Morgan fingerprint density at radius 3 is 2.19 bits per heavy atom. The number of thioether (sulfide) groups is 1. The van der Waals surface area contributed by atoms with E-state index in [2.05, 4.69) is 5.92 Å². The van der Waals surface area contributed by atoms with Crippen molar-refractivity contribution in [1.82, 2.24) is 14.2 Å². The minimum atomic E-state index is -3.30. The summed E-state index contributed by atoms with van der Waals surface area (Å²) in [6, 6.07) is -1.17. The van der Waals surface area contributed by atoms with Crippen LogP contribution in [0.1, 0.15) is 13.3 Å². The van der Waals surface area contributed by atoms with Crippen LogP contribution in [-0.4, -0.2) is 114 Å². The van der Waals surface area contributed by atoms with Crippen LogP contribution < -0.4 is 0 Å². The van der Waals surface area contributed by atoms with Gasteiger partial charge >= 0.3 is 5.97 Å². The van der Waals surface area contributed by atoms with Crippen molar-refractivity contribution in [3.8, 4) is 12.3 Å². The van der Waals surface area contributed by atoms with Crippen LogP contribution in [-0.2, 0) is 23.6 Å². The molecule has 0 aromatic heterocycles. The highest BCUT2D eigenvalue weighted by Crippen LogP contribution is 2.54. The molecule has 2 heterocycles. The highest BCUT2D eigenvalue weighted by Gasteiger charge is 2.44. The molecule has 0 bridgehead atoms. The maximum absolute atomic E-state index is 14.4. The molecule has 0 aromatic carbocycles. The Morgan fingerprint density at radius 1 is 1.19 bits per heavy atom. The maximum atomic E-state index is 14.4. The summed E-state index contributed by atoms with van der Waals surface area (Å²) in [7, 11) is -3.30. The molecule has 1 N–H and O–H groups in total. The Labute approximate surface area is 188 Å². The van der Waals surface area contributed by atoms with Gasteiger partial charge in [-0.05, 0) is 6.92 Å². The van der Waals surface area contributed by atoms with Crippen LogP contribution >= 0.6 is 19.2 Å².